The van der Waals surface area contributed by atoms with Crippen molar-refractivity contribution in [3.63, 3.8) is 0 Å². The average Bonchev–Trinajstić information content (AvgIpc) is 2.72. The van der Waals surface area contributed by atoms with Crippen LogP contribution < -0.4 is 10.2 Å². The molecule has 7 heteroatoms. The highest BCUT2D eigenvalue weighted by Crippen LogP contribution is 2.29. The third kappa shape index (κ3) is 4.41. The summed E-state index contributed by atoms with van der Waals surface area (Å²) in [5.74, 6) is 1.73. The number of amides is 2. The molecule has 0 radical (unpaired) electrons. The normalized spacial score (nSPS) is 21.3. The van der Waals surface area contributed by atoms with Gasteiger partial charge in [0.2, 0.25) is 0 Å². The Morgan fingerprint density at radius 3 is 2.73 bits per heavy atom. The minimum absolute atomic E-state index is 0.0795. The summed E-state index contributed by atoms with van der Waals surface area (Å²) in [4.78, 5) is 26.6. The number of urea groups is 1. The van der Waals surface area contributed by atoms with Crippen molar-refractivity contribution in [1.29, 1.82) is 0 Å². The molecule has 0 saturated carbocycles. The second-order valence-corrected chi connectivity index (χ2v) is 8.34. The molecule has 0 bridgehead atoms. The first-order valence-electron chi connectivity index (χ1n) is 10.8. The Labute approximate surface area is 178 Å². The third-order valence-electron chi connectivity index (χ3n) is 5.74. The second kappa shape index (κ2) is 8.60. The van der Waals surface area contributed by atoms with E-state index in [-0.39, 0.29) is 18.2 Å². The van der Waals surface area contributed by atoms with E-state index in [1.54, 1.807) is 0 Å². The Morgan fingerprint density at radius 1 is 1.23 bits per heavy atom. The van der Waals surface area contributed by atoms with Crippen molar-refractivity contribution < 1.29 is 9.53 Å². The third-order valence-corrected chi connectivity index (χ3v) is 5.74. The zero-order valence-corrected chi connectivity index (χ0v) is 18.3. The number of nitrogens with one attached hydrogen (secondary N) is 1. The Balaban J connectivity index is 1.55. The quantitative estimate of drug-likeness (QED) is 0.839. The molecule has 30 heavy (non-hydrogen) atoms. The van der Waals surface area contributed by atoms with Crippen LogP contribution in [0.4, 0.5) is 16.3 Å². The largest absolute Gasteiger partial charge is 0.372 e. The zero-order valence-electron chi connectivity index (χ0n) is 18.3. The van der Waals surface area contributed by atoms with Crippen LogP contribution in [0.15, 0.2) is 24.3 Å². The summed E-state index contributed by atoms with van der Waals surface area (Å²) in [5.41, 5.74) is 4.16. The fourth-order valence-electron chi connectivity index (χ4n) is 4.37. The lowest BCUT2D eigenvalue weighted by Crippen LogP contribution is -2.47. The van der Waals surface area contributed by atoms with Gasteiger partial charge in [0.05, 0.1) is 24.4 Å². The van der Waals surface area contributed by atoms with E-state index < -0.39 is 0 Å². The number of nitrogens with zero attached hydrogens (tertiary/aromatic N) is 4. The molecule has 7 nitrogen and oxygen atoms in total. The van der Waals surface area contributed by atoms with E-state index in [1.807, 2.05) is 30.0 Å². The number of aryl methyl sites for hydroxylation is 2. The number of carbonyl (C=O) groups is 1. The molecule has 1 N–H and O–H groups in total. The van der Waals surface area contributed by atoms with Gasteiger partial charge in [0.15, 0.2) is 0 Å². The molecule has 1 saturated heterocycles. The van der Waals surface area contributed by atoms with E-state index in [0.29, 0.717) is 13.1 Å². The number of morpholine rings is 1. The van der Waals surface area contributed by atoms with Crippen molar-refractivity contribution in [2.45, 2.75) is 59.3 Å². The lowest BCUT2D eigenvalue weighted by atomic mass is 10.0. The summed E-state index contributed by atoms with van der Waals surface area (Å²) in [6, 6.07) is 7.94. The van der Waals surface area contributed by atoms with Gasteiger partial charge in [-0.2, -0.15) is 0 Å². The topological polar surface area (TPSA) is 70.6 Å². The maximum absolute atomic E-state index is 13.0. The molecule has 4 rings (SSSR count). The van der Waals surface area contributed by atoms with Crippen LogP contribution in [0, 0.1) is 6.92 Å². The Hall–Kier alpha value is -2.67. The van der Waals surface area contributed by atoms with Crippen LogP contribution in [0.5, 0.6) is 0 Å². The molecule has 2 aliphatic heterocycles. The van der Waals surface area contributed by atoms with Crippen LogP contribution >= 0.6 is 0 Å². The molecule has 2 aliphatic rings. The summed E-state index contributed by atoms with van der Waals surface area (Å²) in [6.07, 6.45) is 1.97. The molecular formula is C23H31N5O2. The molecule has 3 heterocycles. The number of ether oxygens (including phenoxy) is 1. The van der Waals surface area contributed by atoms with Crippen molar-refractivity contribution >= 4 is 17.5 Å². The van der Waals surface area contributed by atoms with Crippen molar-refractivity contribution in [2.24, 2.45) is 0 Å². The number of anilines is 2. The molecule has 160 valence electrons. The van der Waals surface area contributed by atoms with Crippen LogP contribution in [0.2, 0.25) is 0 Å². The fraction of sp³-hybridized carbons (Fsp3) is 0.522. The lowest BCUT2D eigenvalue weighted by Gasteiger charge is -2.38. The second-order valence-electron chi connectivity index (χ2n) is 8.34. The van der Waals surface area contributed by atoms with Gasteiger partial charge in [-0.15, -0.1) is 0 Å². The van der Waals surface area contributed by atoms with E-state index in [0.717, 1.165) is 54.5 Å². The standard InChI is InChI=1S/C23H31N5O2/c1-5-18-7-6-8-19(11-18)26-23(29)27-10-9-21-20(14-27)22(25-17(4)24-21)28-12-15(2)30-16(3)13-28/h6-8,11,15-16H,5,9-10,12-14H2,1-4H3,(H,26,29)/t15-,16-/m0/s1. The smallest absolute Gasteiger partial charge is 0.322 e. The van der Waals surface area contributed by atoms with Gasteiger partial charge in [-0.25, -0.2) is 14.8 Å². The van der Waals surface area contributed by atoms with Gasteiger partial charge in [-0.05, 0) is 44.9 Å². The molecule has 0 spiro atoms. The number of fused-ring (bicyclic) bond motifs is 1. The highest BCUT2D eigenvalue weighted by molar-refractivity contribution is 5.89. The lowest BCUT2D eigenvalue weighted by molar-refractivity contribution is -0.00557. The molecular weight excluding hydrogens is 378 g/mol. The van der Waals surface area contributed by atoms with Crippen molar-refractivity contribution in [1.82, 2.24) is 14.9 Å². The molecule has 0 unspecified atom stereocenters. The van der Waals surface area contributed by atoms with Gasteiger partial charge in [0, 0.05) is 37.3 Å². The maximum Gasteiger partial charge on any atom is 0.322 e. The van der Waals surface area contributed by atoms with Crippen LogP contribution in [-0.4, -0.2) is 52.7 Å². The Kier molecular flexibility index (Phi) is 5.90. The van der Waals surface area contributed by atoms with E-state index in [4.69, 9.17) is 9.72 Å². The summed E-state index contributed by atoms with van der Waals surface area (Å²) in [5, 5.41) is 3.05. The number of aromatic nitrogens is 2. The molecule has 2 atom stereocenters. The van der Waals surface area contributed by atoms with Gasteiger partial charge in [0.25, 0.3) is 0 Å². The fourth-order valence-corrected chi connectivity index (χ4v) is 4.37. The first-order chi connectivity index (χ1) is 14.4. The van der Waals surface area contributed by atoms with E-state index in [2.05, 4.69) is 42.0 Å². The molecule has 2 amide bonds. The zero-order chi connectivity index (χ0) is 21.3. The number of hydrogen-bond donors (Lipinski definition) is 1. The molecule has 0 aliphatic carbocycles. The van der Waals surface area contributed by atoms with Gasteiger partial charge >= 0.3 is 6.03 Å². The van der Waals surface area contributed by atoms with E-state index in [9.17, 15) is 4.79 Å². The van der Waals surface area contributed by atoms with Crippen LogP contribution in [0.25, 0.3) is 0 Å². The predicted molar refractivity (Wildman–Crippen MR) is 118 cm³/mol. The summed E-state index contributed by atoms with van der Waals surface area (Å²) in [7, 11) is 0. The Morgan fingerprint density at radius 2 is 2.00 bits per heavy atom. The molecule has 1 aromatic heterocycles. The van der Waals surface area contributed by atoms with Gasteiger partial charge in [0.1, 0.15) is 11.6 Å². The van der Waals surface area contributed by atoms with Crippen LogP contribution in [-0.2, 0) is 24.1 Å². The summed E-state index contributed by atoms with van der Waals surface area (Å²) in [6.45, 7) is 11.0. The molecule has 1 fully saturated rings. The number of hydrogen-bond acceptors (Lipinski definition) is 5. The highest BCUT2D eigenvalue weighted by atomic mass is 16.5. The van der Waals surface area contributed by atoms with E-state index >= 15 is 0 Å². The van der Waals surface area contributed by atoms with Crippen molar-refractivity contribution in [2.75, 3.05) is 29.9 Å². The minimum atomic E-state index is -0.0795. The first-order valence-corrected chi connectivity index (χ1v) is 10.8. The monoisotopic (exact) mass is 409 g/mol. The molecule has 2 aromatic rings. The predicted octanol–water partition coefficient (Wildman–Crippen LogP) is 3.55. The number of benzene rings is 1. The minimum Gasteiger partial charge on any atom is -0.372 e. The summed E-state index contributed by atoms with van der Waals surface area (Å²) < 4.78 is 5.90. The summed E-state index contributed by atoms with van der Waals surface area (Å²) >= 11 is 0. The van der Waals surface area contributed by atoms with Gasteiger partial charge in [-0.1, -0.05) is 19.1 Å². The van der Waals surface area contributed by atoms with Crippen molar-refractivity contribution in [3.8, 4) is 0 Å². The highest BCUT2D eigenvalue weighted by Gasteiger charge is 2.30. The maximum atomic E-state index is 13.0. The number of carbonyl (C=O) groups excluding carboxylic acids is 1. The Bertz CT molecular complexity index is 922. The first kappa shape index (κ1) is 20.6. The SMILES string of the molecule is CCc1cccc(NC(=O)N2CCc3nc(C)nc(N4C[C@H](C)O[C@@H](C)C4)c3C2)c1. The number of rotatable bonds is 3. The van der Waals surface area contributed by atoms with Crippen LogP contribution in [0.1, 0.15) is 43.4 Å². The van der Waals surface area contributed by atoms with E-state index in [1.165, 1.54) is 5.56 Å². The van der Waals surface area contributed by atoms with Crippen molar-refractivity contribution in [3.05, 3.63) is 46.9 Å². The molecule has 1 aromatic carbocycles. The van der Waals surface area contributed by atoms with Gasteiger partial charge < -0.3 is 19.9 Å². The van der Waals surface area contributed by atoms with Gasteiger partial charge in [-0.3, -0.25) is 0 Å². The average molecular weight is 410 g/mol. The van der Waals surface area contributed by atoms with Crippen LogP contribution in [0.3, 0.4) is 0 Å².